The molecule has 14 heteroatoms. The van der Waals surface area contributed by atoms with E-state index in [0.717, 1.165) is 12.4 Å². The lowest BCUT2D eigenvalue weighted by molar-refractivity contribution is -0.259. The van der Waals surface area contributed by atoms with Crippen LogP contribution in [0.1, 0.15) is 19.4 Å². The van der Waals surface area contributed by atoms with Gasteiger partial charge in [-0.25, -0.2) is 18.4 Å². The van der Waals surface area contributed by atoms with Crippen LogP contribution >= 0.6 is 12.6 Å². The van der Waals surface area contributed by atoms with Crippen LogP contribution in [0.25, 0.3) is 0 Å². The predicted molar refractivity (Wildman–Crippen MR) is 133 cm³/mol. The molecule has 0 amide bonds. The van der Waals surface area contributed by atoms with E-state index < -0.39 is 27.4 Å². The van der Waals surface area contributed by atoms with Gasteiger partial charge in [-0.2, -0.15) is 17.5 Å². The number of anilines is 1. The predicted octanol–water partition coefficient (Wildman–Crippen LogP) is 2.14. The monoisotopic (exact) mass is 561 g/mol. The maximum absolute atomic E-state index is 13.5. The fourth-order valence-corrected chi connectivity index (χ4v) is 6.53. The molecule has 1 aromatic heterocycles. The number of rotatable bonds is 6. The van der Waals surface area contributed by atoms with Crippen LogP contribution in [0.5, 0.6) is 0 Å². The Morgan fingerprint density at radius 1 is 1.16 bits per heavy atom. The number of thiol groups is 1. The summed E-state index contributed by atoms with van der Waals surface area (Å²) in [6.45, 7) is 5.37. The van der Waals surface area contributed by atoms with Gasteiger partial charge in [0.1, 0.15) is 0 Å². The second-order valence-electron chi connectivity index (χ2n) is 9.44. The zero-order chi connectivity index (χ0) is 27.0. The van der Waals surface area contributed by atoms with Crippen molar-refractivity contribution in [3.63, 3.8) is 0 Å². The summed E-state index contributed by atoms with van der Waals surface area (Å²) in [5.74, 6) is 0.166. The summed E-state index contributed by atoms with van der Waals surface area (Å²) < 4.78 is 73.6. The molecule has 2 saturated heterocycles. The first-order valence-corrected chi connectivity index (χ1v) is 13.7. The minimum absolute atomic E-state index is 0.103. The number of morpholine rings is 1. The van der Waals surface area contributed by atoms with E-state index in [4.69, 9.17) is 4.74 Å². The lowest BCUT2D eigenvalue weighted by atomic mass is 9.99. The molecule has 0 saturated carbocycles. The van der Waals surface area contributed by atoms with Gasteiger partial charge in [0.25, 0.3) is 0 Å². The average molecular weight is 562 g/mol. The van der Waals surface area contributed by atoms with Gasteiger partial charge >= 0.3 is 6.18 Å². The van der Waals surface area contributed by atoms with E-state index in [1.165, 1.54) is 10.4 Å². The Hall–Kier alpha value is -1.97. The Morgan fingerprint density at radius 2 is 1.84 bits per heavy atom. The highest BCUT2D eigenvalue weighted by Crippen LogP contribution is 2.38. The van der Waals surface area contributed by atoms with Crippen LogP contribution in [-0.2, 0) is 20.4 Å². The molecule has 2 aliphatic heterocycles. The van der Waals surface area contributed by atoms with Gasteiger partial charge in [0.15, 0.2) is 5.60 Å². The van der Waals surface area contributed by atoms with E-state index in [1.54, 1.807) is 18.2 Å². The Kier molecular flexibility index (Phi) is 8.08. The molecular weight excluding hydrogens is 531 g/mol. The van der Waals surface area contributed by atoms with Gasteiger partial charge in [0, 0.05) is 61.6 Å². The Morgan fingerprint density at radius 3 is 2.46 bits per heavy atom. The molecular formula is C23H30F3N5O4S2. The van der Waals surface area contributed by atoms with Crippen LogP contribution in [0, 0.1) is 0 Å². The van der Waals surface area contributed by atoms with Gasteiger partial charge in [0.2, 0.25) is 16.0 Å². The van der Waals surface area contributed by atoms with Gasteiger partial charge in [-0.05, 0) is 26.0 Å². The molecule has 0 unspecified atom stereocenters. The van der Waals surface area contributed by atoms with Crippen LogP contribution in [0.15, 0.2) is 46.5 Å². The van der Waals surface area contributed by atoms with Crippen LogP contribution < -0.4 is 4.90 Å². The molecule has 204 valence electrons. The fraction of sp³-hybridized carbons (Fsp3) is 0.565. The summed E-state index contributed by atoms with van der Waals surface area (Å²) >= 11 is 4.32. The quantitative estimate of drug-likeness (QED) is 0.518. The number of ether oxygens (including phenoxy) is 1. The standard InChI is InChI=1S/C23H30F3N5O4S2/c1-16-15-35-10-9-29(16)13-18-14-30(37(33,34)20-6-4-3-5-19(20)36)7-8-31(18)21-27-11-17(12-28-21)22(2,32)23(24,25)26/h3-6,11-12,16,18,32,36H,7-10,13-15H2,1-2H3/t16-,18-,22+/m0/s1. The molecule has 1 N–H and O–H groups in total. The number of benzene rings is 1. The minimum Gasteiger partial charge on any atom is -0.379 e. The molecule has 0 radical (unpaired) electrons. The molecule has 0 spiro atoms. The molecule has 3 atom stereocenters. The van der Waals surface area contributed by atoms with Gasteiger partial charge in [-0.3, -0.25) is 4.90 Å². The van der Waals surface area contributed by atoms with Crippen molar-refractivity contribution in [2.24, 2.45) is 0 Å². The highest BCUT2D eigenvalue weighted by molar-refractivity contribution is 7.90. The minimum atomic E-state index is -4.89. The zero-order valence-electron chi connectivity index (χ0n) is 20.5. The number of hydrogen-bond acceptors (Lipinski definition) is 9. The molecule has 37 heavy (non-hydrogen) atoms. The summed E-state index contributed by atoms with van der Waals surface area (Å²) in [6, 6.07) is 6.19. The SMILES string of the molecule is C[C@H]1COCCN1C[C@H]1CN(S(=O)(=O)c2ccccc2S)CCN1c1ncc([C@@](C)(O)C(F)(F)F)cn1. The van der Waals surface area contributed by atoms with Crippen molar-refractivity contribution < 1.29 is 31.4 Å². The van der Waals surface area contributed by atoms with Gasteiger partial charge < -0.3 is 14.7 Å². The highest BCUT2D eigenvalue weighted by atomic mass is 32.2. The van der Waals surface area contributed by atoms with Crippen LogP contribution in [0.4, 0.5) is 19.1 Å². The van der Waals surface area contributed by atoms with Gasteiger partial charge in [-0.15, -0.1) is 12.6 Å². The molecule has 4 rings (SSSR count). The normalized spacial score (nSPS) is 24.1. The van der Waals surface area contributed by atoms with E-state index >= 15 is 0 Å². The van der Waals surface area contributed by atoms with Crippen molar-refractivity contribution in [1.29, 1.82) is 0 Å². The van der Waals surface area contributed by atoms with Crippen LogP contribution in [0.2, 0.25) is 0 Å². The van der Waals surface area contributed by atoms with Crippen LogP contribution in [0.3, 0.4) is 0 Å². The van der Waals surface area contributed by atoms with E-state index in [-0.39, 0.29) is 42.6 Å². The fourth-order valence-electron chi connectivity index (χ4n) is 4.47. The van der Waals surface area contributed by atoms with Crippen molar-refractivity contribution in [1.82, 2.24) is 19.2 Å². The molecule has 9 nitrogen and oxygen atoms in total. The van der Waals surface area contributed by atoms with Crippen LogP contribution in [-0.4, -0.2) is 96.9 Å². The van der Waals surface area contributed by atoms with Crippen molar-refractivity contribution in [2.45, 2.75) is 47.5 Å². The van der Waals surface area contributed by atoms with E-state index in [9.17, 15) is 26.7 Å². The van der Waals surface area contributed by atoms with E-state index in [1.807, 2.05) is 11.8 Å². The number of alkyl halides is 3. The lowest BCUT2D eigenvalue weighted by Gasteiger charge is -2.44. The van der Waals surface area contributed by atoms with Crippen molar-refractivity contribution >= 4 is 28.6 Å². The van der Waals surface area contributed by atoms with Crippen molar-refractivity contribution in [3.8, 4) is 0 Å². The molecule has 3 heterocycles. The first kappa shape index (κ1) is 28.0. The highest BCUT2D eigenvalue weighted by Gasteiger charge is 2.51. The summed E-state index contributed by atoms with van der Waals surface area (Å²) in [4.78, 5) is 12.7. The number of sulfonamides is 1. The van der Waals surface area contributed by atoms with Gasteiger partial charge in [0.05, 0.1) is 24.2 Å². The number of hydrogen-bond donors (Lipinski definition) is 2. The third kappa shape index (κ3) is 5.73. The van der Waals surface area contributed by atoms with Crippen molar-refractivity contribution in [2.75, 3.05) is 50.8 Å². The third-order valence-corrected chi connectivity index (χ3v) is 9.35. The molecule has 0 bridgehead atoms. The first-order valence-electron chi connectivity index (χ1n) is 11.8. The Labute approximate surface area is 219 Å². The number of piperazine rings is 1. The number of nitrogens with zero attached hydrogens (tertiary/aromatic N) is 5. The number of halogens is 3. The third-order valence-electron chi connectivity index (χ3n) is 6.89. The summed E-state index contributed by atoms with van der Waals surface area (Å²) in [5.41, 5.74) is -3.57. The molecule has 1 aromatic carbocycles. The lowest BCUT2D eigenvalue weighted by Crippen LogP contribution is -2.60. The number of aromatic nitrogens is 2. The van der Waals surface area contributed by atoms with E-state index in [0.29, 0.717) is 38.1 Å². The van der Waals surface area contributed by atoms with Crippen molar-refractivity contribution in [3.05, 3.63) is 42.2 Å². The summed E-state index contributed by atoms with van der Waals surface area (Å²) in [6.07, 6.45) is -2.97. The maximum atomic E-state index is 13.5. The molecule has 2 aromatic rings. The van der Waals surface area contributed by atoms with E-state index in [2.05, 4.69) is 27.5 Å². The molecule has 2 fully saturated rings. The maximum Gasteiger partial charge on any atom is 0.421 e. The molecule has 2 aliphatic rings. The summed E-state index contributed by atoms with van der Waals surface area (Å²) in [7, 11) is -3.84. The largest absolute Gasteiger partial charge is 0.421 e. The second-order valence-corrected chi connectivity index (χ2v) is 11.8. The van der Waals surface area contributed by atoms with Gasteiger partial charge in [-0.1, -0.05) is 12.1 Å². The summed E-state index contributed by atoms with van der Waals surface area (Å²) in [5, 5.41) is 9.96. The first-order chi connectivity index (χ1) is 17.3. The Bertz CT molecular complexity index is 1200. The smallest absolute Gasteiger partial charge is 0.379 e. The topological polar surface area (TPSA) is 99.1 Å². The second kappa shape index (κ2) is 10.7. The Balaban J connectivity index is 1.62. The number of aliphatic hydroxyl groups is 1. The average Bonchev–Trinajstić information content (AvgIpc) is 2.85. The molecule has 0 aliphatic carbocycles. The zero-order valence-corrected chi connectivity index (χ0v) is 22.2.